The number of imidazole rings is 1. The van der Waals surface area contributed by atoms with Gasteiger partial charge in [-0.3, -0.25) is 9.69 Å². The van der Waals surface area contributed by atoms with E-state index in [1.807, 2.05) is 12.4 Å². The fraction of sp³-hybridized carbons (Fsp3) is 0.333. The number of carbonyl (C=O) groups is 1. The summed E-state index contributed by atoms with van der Waals surface area (Å²) in [5.74, 6) is 0.786. The number of ketones is 1. The van der Waals surface area contributed by atoms with Crippen LogP contribution in [0.15, 0.2) is 36.7 Å². The molecule has 0 saturated carbocycles. The Kier molecular flexibility index (Phi) is 3.60. The van der Waals surface area contributed by atoms with Gasteiger partial charge in [-0.1, -0.05) is 0 Å². The van der Waals surface area contributed by atoms with Crippen molar-refractivity contribution in [3.05, 3.63) is 53.9 Å². The fourth-order valence-electron chi connectivity index (χ4n) is 2.45. The molecule has 3 rings (SSSR count). The summed E-state index contributed by atoms with van der Waals surface area (Å²) in [7, 11) is 0. The lowest BCUT2D eigenvalue weighted by molar-refractivity contribution is 0.0955. The number of hydrogen-bond donors (Lipinski definition) is 0. The molecule has 0 saturated heterocycles. The Morgan fingerprint density at radius 1 is 1.25 bits per heavy atom. The van der Waals surface area contributed by atoms with Gasteiger partial charge < -0.3 is 4.57 Å². The van der Waals surface area contributed by atoms with Gasteiger partial charge in [-0.2, -0.15) is 0 Å². The van der Waals surface area contributed by atoms with E-state index in [1.54, 1.807) is 12.1 Å². The van der Waals surface area contributed by atoms with Gasteiger partial charge in [-0.05, 0) is 24.3 Å². The van der Waals surface area contributed by atoms with Crippen molar-refractivity contribution in [3.8, 4) is 0 Å². The summed E-state index contributed by atoms with van der Waals surface area (Å²) < 4.78 is 14.9. The summed E-state index contributed by atoms with van der Waals surface area (Å²) >= 11 is 0. The highest BCUT2D eigenvalue weighted by molar-refractivity contribution is 5.96. The summed E-state index contributed by atoms with van der Waals surface area (Å²) in [5.41, 5.74) is 0.574. The van der Waals surface area contributed by atoms with E-state index >= 15 is 0 Å². The predicted molar refractivity (Wildman–Crippen MR) is 72.9 cm³/mol. The van der Waals surface area contributed by atoms with Crippen LogP contribution >= 0.6 is 0 Å². The van der Waals surface area contributed by atoms with Crippen LogP contribution in [0.25, 0.3) is 0 Å². The van der Waals surface area contributed by atoms with Crippen LogP contribution < -0.4 is 0 Å². The lowest BCUT2D eigenvalue weighted by Crippen LogP contribution is -2.35. The number of nitrogens with zero attached hydrogens (tertiary/aromatic N) is 3. The Bertz CT molecular complexity index is 606. The first-order valence-electron chi connectivity index (χ1n) is 6.73. The van der Waals surface area contributed by atoms with Crippen molar-refractivity contribution in [2.24, 2.45) is 0 Å². The maximum Gasteiger partial charge on any atom is 0.164 e. The summed E-state index contributed by atoms with van der Waals surface area (Å²) in [6.45, 7) is 3.34. The smallest absolute Gasteiger partial charge is 0.164 e. The number of carbonyl (C=O) groups excluding carboxylic acids is 1. The normalized spacial score (nSPS) is 15.1. The average molecular weight is 273 g/mol. The molecule has 5 heteroatoms. The van der Waals surface area contributed by atoms with Crippen LogP contribution in [0.4, 0.5) is 4.39 Å². The molecular weight excluding hydrogens is 257 g/mol. The molecule has 104 valence electrons. The zero-order chi connectivity index (χ0) is 13.9. The standard InChI is InChI=1S/C15H16FN3O/c16-13-3-1-12(2-4-13)14(20)5-7-18-9-10-19-8-6-17-15(19)11-18/h1-4,6,8H,5,7,9-11H2. The Labute approximate surface area is 116 Å². The van der Waals surface area contributed by atoms with Crippen molar-refractivity contribution in [1.29, 1.82) is 0 Å². The van der Waals surface area contributed by atoms with Crippen molar-refractivity contribution >= 4 is 5.78 Å². The van der Waals surface area contributed by atoms with Gasteiger partial charge in [-0.15, -0.1) is 0 Å². The number of fused-ring (bicyclic) bond motifs is 1. The molecule has 0 fully saturated rings. The average Bonchev–Trinajstić information content (AvgIpc) is 2.93. The molecule has 0 atom stereocenters. The van der Waals surface area contributed by atoms with Gasteiger partial charge in [0.25, 0.3) is 0 Å². The number of aromatic nitrogens is 2. The van der Waals surface area contributed by atoms with Crippen LogP contribution in [0.5, 0.6) is 0 Å². The third-order valence-electron chi connectivity index (χ3n) is 3.65. The van der Waals surface area contributed by atoms with Gasteiger partial charge in [0, 0.05) is 44.0 Å². The first kappa shape index (κ1) is 13.0. The number of Topliss-reactive ketones (excluding diaryl/α,β-unsaturated/α-hetero) is 1. The van der Waals surface area contributed by atoms with Crippen LogP contribution in [0.1, 0.15) is 22.6 Å². The van der Waals surface area contributed by atoms with Crippen molar-refractivity contribution < 1.29 is 9.18 Å². The lowest BCUT2D eigenvalue weighted by Gasteiger charge is -2.27. The second kappa shape index (κ2) is 5.54. The van der Waals surface area contributed by atoms with Gasteiger partial charge in [0.15, 0.2) is 5.78 Å². The second-order valence-corrected chi connectivity index (χ2v) is 4.99. The largest absolute Gasteiger partial charge is 0.333 e. The zero-order valence-corrected chi connectivity index (χ0v) is 11.1. The molecule has 2 aromatic rings. The minimum absolute atomic E-state index is 0.0546. The third-order valence-corrected chi connectivity index (χ3v) is 3.65. The molecule has 1 aliphatic rings. The van der Waals surface area contributed by atoms with Gasteiger partial charge in [-0.25, -0.2) is 9.37 Å². The van der Waals surface area contributed by atoms with Crippen LogP contribution in [0.2, 0.25) is 0 Å². The van der Waals surface area contributed by atoms with E-state index in [2.05, 4.69) is 14.5 Å². The van der Waals surface area contributed by atoms with Crippen LogP contribution in [0, 0.1) is 5.82 Å². The molecule has 1 aromatic carbocycles. The van der Waals surface area contributed by atoms with E-state index in [9.17, 15) is 9.18 Å². The molecule has 1 aliphatic heterocycles. The Morgan fingerprint density at radius 3 is 2.85 bits per heavy atom. The van der Waals surface area contributed by atoms with E-state index in [0.717, 1.165) is 25.5 Å². The highest BCUT2D eigenvalue weighted by Gasteiger charge is 2.17. The van der Waals surface area contributed by atoms with Gasteiger partial charge in [0.2, 0.25) is 0 Å². The molecule has 0 N–H and O–H groups in total. The van der Waals surface area contributed by atoms with Crippen LogP contribution in [-0.2, 0) is 13.1 Å². The molecule has 4 nitrogen and oxygen atoms in total. The SMILES string of the molecule is O=C(CCN1CCn2ccnc2C1)c1ccc(F)cc1. The van der Waals surface area contributed by atoms with E-state index < -0.39 is 0 Å². The molecule has 0 spiro atoms. The molecule has 0 unspecified atom stereocenters. The topological polar surface area (TPSA) is 38.1 Å². The minimum Gasteiger partial charge on any atom is -0.333 e. The summed E-state index contributed by atoms with van der Waals surface area (Å²) in [6, 6.07) is 5.73. The van der Waals surface area contributed by atoms with Gasteiger partial charge >= 0.3 is 0 Å². The summed E-state index contributed by atoms with van der Waals surface area (Å²) in [6.07, 6.45) is 4.24. The van der Waals surface area contributed by atoms with Crippen molar-refractivity contribution in [3.63, 3.8) is 0 Å². The summed E-state index contributed by atoms with van der Waals surface area (Å²) in [4.78, 5) is 18.5. The molecule has 20 heavy (non-hydrogen) atoms. The Hall–Kier alpha value is -2.01. The number of benzene rings is 1. The molecule has 0 amide bonds. The first-order chi connectivity index (χ1) is 9.72. The summed E-state index contributed by atoms with van der Waals surface area (Å²) in [5, 5.41) is 0. The zero-order valence-electron chi connectivity index (χ0n) is 11.1. The number of hydrogen-bond acceptors (Lipinski definition) is 3. The second-order valence-electron chi connectivity index (χ2n) is 4.99. The maximum atomic E-state index is 12.8. The van der Waals surface area contributed by atoms with Gasteiger partial charge in [0.1, 0.15) is 11.6 Å². The van der Waals surface area contributed by atoms with Crippen LogP contribution in [0.3, 0.4) is 0 Å². The molecule has 0 aliphatic carbocycles. The van der Waals surface area contributed by atoms with Crippen molar-refractivity contribution in [1.82, 2.24) is 14.5 Å². The maximum absolute atomic E-state index is 12.8. The number of halogens is 1. The quantitative estimate of drug-likeness (QED) is 0.801. The van der Waals surface area contributed by atoms with Crippen molar-refractivity contribution in [2.45, 2.75) is 19.5 Å². The molecule has 2 heterocycles. The first-order valence-corrected chi connectivity index (χ1v) is 6.73. The van der Waals surface area contributed by atoms with Crippen LogP contribution in [-0.4, -0.2) is 33.3 Å². The van der Waals surface area contributed by atoms with Gasteiger partial charge in [0.05, 0.1) is 6.54 Å². The van der Waals surface area contributed by atoms with E-state index in [-0.39, 0.29) is 11.6 Å². The predicted octanol–water partition coefficient (Wildman–Crippen LogP) is 2.11. The highest BCUT2D eigenvalue weighted by atomic mass is 19.1. The highest BCUT2D eigenvalue weighted by Crippen LogP contribution is 2.12. The van der Waals surface area contributed by atoms with E-state index in [1.165, 1.54) is 12.1 Å². The Balaban J connectivity index is 1.55. The Morgan fingerprint density at radius 2 is 2.05 bits per heavy atom. The van der Waals surface area contributed by atoms with E-state index in [4.69, 9.17) is 0 Å². The molecular formula is C15H16FN3O. The molecule has 0 bridgehead atoms. The van der Waals surface area contributed by atoms with Crippen molar-refractivity contribution in [2.75, 3.05) is 13.1 Å². The fourth-order valence-corrected chi connectivity index (χ4v) is 2.45. The van der Waals surface area contributed by atoms with E-state index in [0.29, 0.717) is 18.5 Å². The number of rotatable bonds is 4. The lowest BCUT2D eigenvalue weighted by atomic mass is 10.1. The molecule has 1 aromatic heterocycles. The third kappa shape index (κ3) is 2.77. The molecule has 0 radical (unpaired) electrons. The monoisotopic (exact) mass is 273 g/mol. The minimum atomic E-state index is -0.315.